The zero-order valence-corrected chi connectivity index (χ0v) is 16.0. The largest absolute Gasteiger partial charge is 0.497 e. The molecule has 0 aromatic heterocycles. The van der Waals surface area contributed by atoms with E-state index in [1.54, 1.807) is 7.11 Å². The quantitative estimate of drug-likeness (QED) is 0.662. The van der Waals surface area contributed by atoms with Crippen LogP contribution in [0.4, 0.5) is 5.69 Å². The summed E-state index contributed by atoms with van der Waals surface area (Å²) in [4.78, 5) is 13.1. The minimum Gasteiger partial charge on any atom is -0.497 e. The summed E-state index contributed by atoms with van der Waals surface area (Å²) in [6.07, 6.45) is 2.33. The van der Waals surface area contributed by atoms with Crippen LogP contribution in [0.15, 0.2) is 24.3 Å². The molecule has 0 aliphatic carbocycles. The predicted octanol–water partition coefficient (Wildman–Crippen LogP) is 4.89. The van der Waals surface area contributed by atoms with E-state index in [0.29, 0.717) is 31.3 Å². The number of methoxy groups -OCH3 is 1. The number of carbonyl (C=O) groups is 1. The van der Waals surface area contributed by atoms with Gasteiger partial charge in [-0.15, -0.1) is 0 Å². The first-order chi connectivity index (χ1) is 11.3. The Morgan fingerprint density at radius 2 is 1.62 bits per heavy atom. The molecule has 1 N–H and O–H groups in total. The van der Waals surface area contributed by atoms with E-state index in [2.05, 4.69) is 39.9 Å². The lowest BCUT2D eigenvalue weighted by atomic mass is 9.83. The highest BCUT2D eigenvalue weighted by molar-refractivity contribution is 5.97. The monoisotopic (exact) mass is 335 g/mol. The van der Waals surface area contributed by atoms with Crippen molar-refractivity contribution in [3.63, 3.8) is 0 Å². The molecule has 0 saturated heterocycles. The van der Waals surface area contributed by atoms with Gasteiger partial charge in [-0.3, -0.25) is 4.79 Å². The molecule has 0 spiro atoms. The molecule has 0 aliphatic heterocycles. The smallest absolute Gasteiger partial charge is 0.256 e. The van der Waals surface area contributed by atoms with Crippen LogP contribution in [0.5, 0.6) is 5.75 Å². The van der Waals surface area contributed by atoms with E-state index >= 15 is 0 Å². The Hall–Kier alpha value is -1.55. The molecule has 0 aliphatic rings. The SMILES string of the molecule is CCCOC(CC(C)C)(CC(C)C)C(=O)Nc1ccc(OC)cc1. The lowest BCUT2D eigenvalue weighted by Gasteiger charge is -2.35. The summed E-state index contributed by atoms with van der Waals surface area (Å²) in [7, 11) is 1.63. The van der Waals surface area contributed by atoms with Crippen LogP contribution in [-0.4, -0.2) is 25.2 Å². The number of anilines is 1. The summed E-state index contributed by atoms with van der Waals surface area (Å²) in [5.74, 6) is 1.47. The molecule has 0 fully saturated rings. The van der Waals surface area contributed by atoms with Crippen molar-refractivity contribution >= 4 is 11.6 Å². The van der Waals surface area contributed by atoms with Crippen LogP contribution in [0, 0.1) is 11.8 Å². The van der Waals surface area contributed by atoms with Crippen LogP contribution in [0.2, 0.25) is 0 Å². The molecule has 0 radical (unpaired) electrons. The Morgan fingerprint density at radius 3 is 2.04 bits per heavy atom. The molecule has 1 rings (SSSR count). The molecule has 0 atom stereocenters. The number of rotatable bonds is 10. The molecule has 1 amide bonds. The minimum absolute atomic E-state index is 0.0523. The summed E-state index contributed by atoms with van der Waals surface area (Å²) in [5.41, 5.74) is -0.0177. The van der Waals surface area contributed by atoms with E-state index in [9.17, 15) is 4.79 Å². The lowest BCUT2D eigenvalue weighted by Crippen LogP contribution is -2.47. The zero-order chi connectivity index (χ0) is 18.2. The lowest BCUT2D eigenvalue weighted by molar-refractivity contribution is -0.147. The third kappa shape index (κ3) is 6.16. The standard InChI is InChI=1S/C20H33NO3/c1-7-12-24-20(13-15(2)3,14-16(4)5)19(22)21-17-8-10-18(23-6)11-9-17/h8-11,15-16H,7,12-14H2,1-6H3,(H,21,22). The topological polar surface area (TPSA) is 47.6 Å². The molecule has 1 aromatic rings. The van der Waals surface area contributed by atoms with Gasteiger partial charge in [0.15, 0.2) is 0 Å². The van der Waals surface area contributed by atoms with Crippen LogP contribution in [0.3, 0.4) is 0 Å². The number of hydrogen-bond acceptors (Lipinski definition) is 3. The van der Waals surface area contributed by atoms with Gasteiger partial charge in [-0.25, -0.2) is 0 Å². The highest BCUT2D eigenvalue weighted by Crippen LogP contribution is 2.31. The van der Waals surface area contributed by atoms with Crippen molar-refractivity contribution in [1.29, 1.82) is 0 Å². The Morgan fingerprint density at radius 1 is 1.08 bits per heavy atom. The molecule has 136 valence electrons. The van der Waals surface area contributed by atoms with Gasteiger partial charge in [0, 0.05) is 12.3 Å². The summed E-state index contributed by atoms with van der Waals surface area (Å²) in [5, 5.41) is 3.03. The van der Waals surface area contributed by atoms with E-state index < -0.39 is 5.60 Å². The first-order valence-corrected chi connectivity index (χ1v) is 8.92. The van der Waals surface area contributed by atoms with Gasteiger partial charge in [-0.1, -0.05) is 34.6 Å². The number of amides is 1. The van der Waals surface area contributed by atoms with Gasteiger partial charge in [0.25, 0.3) is 5.91 Å². The highest BCUT2D eigenvalue weighted by atomic mass is 16.5. The van der Waals surface area contributed by atoms with E-state index in [1.165, 1.54) is 0 Å². The van der Waals surface area contributed by atoms with Crippen molar-refractivity contribution in [3.8, 4) is 5.75 Å². The second-order valence-corrected chi connectivity index (χ2v) is 7.22. The van der Waals surface area contributed by atoms with Gasteiger partial charge < -0.3 is 14.8 Å². The number of nitrogens with one attached hydrogen (secondary N) is 1. The Kier molecular flexibility index (Phi) is 8.26. The second-order valence-electron chi connectivity index (χ2n) is 7.22. The highest BCUT2D eigenvalue weighted by Gasteiger charge is 2.40. The normalized spacial score (nSPS) is 11.8. The van der Waals surface area contributed by atoms with Crippen molar-refractivity contribution in [3.05, 3.63) is 24.3 Å². The van der Waals surface area contributed by atoms with Gasteiger partial charge in [-0.2, -0.15) is 0 Å². The fourth-order valence-electron chi connectivity index (χ4n) is 2.99. The van der Waals surface area contributed by atoms with Crippen LogP contribution < -0.4 is 10.1 Å². The van der Waals surface area contributed by atoms with Crippen molar-refractivity contribution in [2.24, 2.45) is 11.8 Å². The maximum absolute atomic E-state index is 13.1. The number of ether oxygens (including phenoxy) is 2. The Balaban J connectivity index is 3.01. The third-order valence-corrected chi connectivity index (χ3v) is 3.82. The molecule has 4 heteroatoms. The van der Waals surface area contributed by atoms with E-state index in [-0.39, 0.29) is 5.91 Å². The van der Waals surface area contributed by atoms with E-state index in [4.69, 9.17) is 9.47 Å². The van der Waals surface area contributed by atoms with Crippen molar-refractivity contribution in [2.75, 3.05) is 19.0 Å². The summed E-state index contributed by atoms with van der Waals surface area (Å²) in [6, 6.07) is 7.39. The predicted molar refractivity (Wildman–Crippen MR) is 99.5 cm³/mol. The van der Waals surface area contributed by atoms with Crippen LogP contribution in [-0.2, 0) is 9.53 Å². The molecule has 0 unspecified atom stereocenters. The fraction of sp³-hybridized carbons (Fsp3) is 0.650. The zero-order valence-electron chi connectivity index (χ0n) is 16.0. The number of benzene rings is 1. The molecule has 0 heterocycles. The van der Waals surface area contributed by atoms with Crippen molar-refractivity contribution in [2.45, 2.75) is 59.5 Å². The van der Waals surface area contributed by atoms with Gasteiger partial charge in [-0.05, 0) is 55.4 Å². The van der Waals surface area contributed by atoms with Gasteiger partial charge in [0.05, 0.1) is 7.11 Å². The molecule has 0 saturated carbocycles. The maximum Gasteiger partial charge on any atom is 0.256 e. The Bertz CT molecular complexity index is 484. The van der Waals surface area contributed by atoms with Crippen LogP contribution in [0.25, 0.3) is 0 Å². The number of carbonyl (C=O) groups excluding carboxylic acids is 1. The summed E-state index contributed by atoms with van der Waals surface area (Å²) < 4.78 is 11.3. The van der Waals surface area contributed by atoms with Crippen molar-refractivity contribution in [1.82, 2.24) is 0 Å². The molecule has 24 heavy (non-hydrogen) atoms. The van der Waals surface area contributed by atoms with Crippen LogP contribution >= 0.6 is 0 Å². The van der Waals surface area contributed by atoms with Gasteiger partial charge >= 0.3 is 0 Å². The average Bonchev–Trinajstić information content (AvgIpc) is 2.52. The van der Waals surface area contributed by atoms with Crippen LogP contribution in [0.1, 0.15) is 53.9 Å². The fourth-order valence-corrected chi connectivity index (χ4v) is 2.99. The third-order valence-electron chi connectivity index (χ3n) is 3.82. The molecule has 0 bridgehead atoms. The molecular weight excluding hydrogens is 302 g/mol. The first kappa shape index (κ1) is 20.5. The minimum atomic E-state index is -0.779. The van der Waals surface area contributed by atoms with Crippen molar-refractivity contribution < 1.29 is 14.3 Å². The van der Waals surface area contributed by atoms with Gasteiger partial charge in [0.2, 0.25) is 0 Å². The summed E-state index contributed by atoms with van der Waals surface area (Å²) >= 11 is 0. The number of hydrogen-bond donors (Lipinski definition) is 1. The first-order valence-electron chi connectivity index (χ1n) is 8.92. The molecule has 1 aromatic carbocycles. The Labute approximate surface area is 146 Å². The summed E-state index contributed by atoms with van der Waals surface area (Å²) in [6.45, 7) is 11.2. The maximum atomic E-state index is 13.1. The average molecular weight is 335 g/mol. The van der Waals surface area contributed by atoms with E-state index in [1.807, 2.05) is 24.3 Å². The second kappa shape index (κ2) is 9.67. The molecule has 4 nitrogen and oxygen atoms in total. The van der Waals surface area contributed by atoms with Gasteiger partial charge in [0.1, 0.15) is 11.4 Å². The van der Waals surface area contributed by atoms with E-state index in [0.717, 1.165) is 17.9 Å². The molecular formula is C20H33NO3.